The molecule has 4 heteroatoms. The predicted molar refractivity (Wildman–Crippen MR) is 19.1 cm³/mol. The first-order valence-electron chi connectivity index (χ1n) is 1.38. The van der Waals surface area contributed by atoms with E-state index in [1.807, 2.05) is 0 Å². The zero-order valence-corrected chi connectivity index (χ0v) is 3.66. The number of hydrogen-bond acceptors (Lipinski definition) is 3. The van der Waals surface area contributed by atoms with E-state index < -0.39 is 11.1 Å². The van der Waals surface area contributed by atoms with Crippen molar-refractivity contribution in [1.82, 2.24) is 0 Å². The third-order valence-electron chi connectivity index (χ3n) is 0.422. The Labute approximate surface area is 37.0 Å². The van der Waals surface area contributed by atoms with E-state index in [4.69, 9.17) is 0 Å². The fraction of sp³-hybridized carbons (Fsp3) is 0.500. The zero-order valence-electron chi connectivity index (χ0n) is 2.84. The standard InChI is InChI=1S/C2H2O3S/c3-2-1-6(4)5-2/h1H2. The Balaban J connectivity index is 2.47. The van der Waals surface area contributed by atoms with E-state index in [2.05, 4.69) is 4.18 Å². The van der Waals surface area contributed by atoms with Crippen LogP contribution in [0.4, 0.5) is 0 Å². The Morgan fingerprint density at radius 1 is 1.83 bits per heavy atom. The lowest BCUT2D eigenvalue weighted by atomic mass is 10.8. The van der Waals surface area contributed by atoms with Crippen LogP contribution in [0.1, 0.15) is 0 Å². The summed E-state index contributed by atoms with van der Waals surface area (Å²) >= 11 is -1.27. The predicted octanol–water partition coefficient (Wildman–Crippen LogP) is -0.793. The highest BCUT2D eigenvalue weighted by atomic mass is 32.2. The minimum atomic E-state index is -1.27. The van der Waals surface area contributed by atoms with Crippen molar-refractivity contribution in [2.24, 2.45) is 0 Å². The number of carbonyl (C=O) groups excluding carboxylic acids is 1. The van der Waals surface area contributed by atoms with E-state index in [9.17, 15) is 9.00 Å². The van der Waals surface area contributed by atoms with E-state index >= 15 is 0 Å². The second-order valence-electron chi connectivity index (χ2n) is 0.903. The second kappa shape index (κ2) is 1.04. The average Bonchev–Trinajstić information content (AvgIpc) is 1.33. The SMILES string of the molecule is O=C1CS(=O)O1. The van der Waals surface area contributed by atoms with E-state index in [0.29, 0.717) is 0 Å². The van der Waals surface area contributed by atoms with Crippen molar-refractivity contribution in [3.8, 4) is 0 Å². The summed E-state index contributed by atoms with van der Waals surface area (Å²) in [5.74, 6) is -0.284. The Bertz CT molecular complexity index is 85.4. The average molecular weight is 106 g/mol. The van der Waals surface area contributed by atoms with Crippen molar-refractivity contribution in [2.75, 3.05) is 5.75 Å². The summed E-state index contributed by atoms with van der Waals surface area (Å²) in [5, 5.41) is 0. The third-order valence-corrected chi connectivity index (χ3v) is 1.26. The van der Waals surface area contributed by atoms with Crippen LogP contribution in [0, 0.1) is 0 Å². The first-order valence-corrected chi connectivity index (χ1v) is 2.63. The Morgan fingerprint density at radius 3 is 2.33 bits per heavy atom. The summed E-state index contributed by atoms with van der Waals surface area (Å²) in [5.41, 5.74) is 0. The highest BCUT2D eigenvalue weighted by Crippen LogP contribution is 1.98. The van der Waals surface area contributed by atoms with Crippen LogP contribution >= 0.6 is 0 Å². The lowest BCUT2D eigenvalue weighted by Gasteiger charge is -2.07. The van der Waals surface area contributed by atoms with E-state index in [0.717, 1.165) is 0 Å². The molecule has 1 unspecified atom stereocenters. The molecule has 1 saturated heterocycles. The monoisotopic (exact) mass is 106 g/mol. The van der Waals surface area contributed by atoms with Gasteiger partial charge in [-0.15, -0.1) is 0 Å². The highest BCUT2D eigenvalue weighted by Gasteiger charge is 2.23. The second-order valence-corrected chi connectivity index (χ2v) is 1.97. The highest BCUT2D eigenvalue weighted by molar-refractivity contribution is 7.83. The van der Waals surface area contributed by atoms with Crippen molar-refractivity contribution in [1.29, 1.82) is 0 Å². The van der Waals surface area contributed by atoms with Crippen molar-refractivity contribution in [3.05, 3.63) is 0 Å². The molecule has 0 amide bonds. The molecule has 0 spiro atoms. The van der Waals surface area contributed by atoms with Gasteiger partial charge in [0, 0.05) is 0 Å². The molecular formula is C2H2O3S. The van der Waals surface area contributed by atoms with Crippen molar-refractivity contribution in [2.45, 2.75) is 0 Å². The summed E-state index contributed by atoms with van der Waals surface area (Å²) in [6, 6.07) is 0. The van der Waals surface area contributed by atoms with Gasteiger partial charge in [-0.2, -0.15) is 0 Å². The fourth-order valence-electron chi connectivity index (χ4n) is 0.193. The van der Waals surface area contributed by atoms with Crippen LogP contribution in [0.3, 0.4) is 0 Å². The van der Waals surface area contributed by atoms with Gasteiger partial charge in [0.2, 0.25) is 11.1 Å². The van der Waals surface area contributed by atoms with Gasteiger partial charge in [-0.1, -0.05) is 0 Å². The molecule has 1 fully saturated rings. The molecule has 1 aliphatic rings. The summed E-state index contributed by atoms with van der Waals surface area (Å²) in [6.07, 6.45) is 0. The Hall–Kier alpha value is -0.380. The summed E-state index contributed by atoms with van der Waals surface area (Å²) in [6.45, 7) is 0. The first-order chi connectivity index (χ1) is 2.79. The van der Waals surface area contributed by atoms with Gasteiger partial charge in [0.25, 0.3) is 0 Å². The lowest BCUT2D eigenvalue weighted by Crippen LogP contribution is -2.27. The molecule has 0 aliphatic carbocycles. The van der Waals surface area contributed by atoms with Gasteiger partial charge in [0.05, 0.1) is 0 Å². The van der Waals surface area contributed by atoms with Gasteiger partial charge in [0.1, 0.15) is 0 Å². The molecule has 0 saturated carbocycles. The van der Waals surface area contributed by atoms with Crippen LogP contribution in [0.2, 0.25) is 0 Å². The first kappa shape index (κ1) is 3.80. The van der Waals surface area contributed by atoms with Gasteiger partial charge in [0.15, 0.2) is 5.75 Å². The maximum absolute atomic E-state index is 9.78. The summed E-state index contributed by atoms with van der Waals surface area (Å²) < 4.78 is 13.8. The molecule has 1 atom stereocenters. The van der Waals surface area contributed by atoms with Crippen LogP contribution in [0.5, 0.6) is 0 Å². The fourth-order valence-corrected chi connectivity index (χ4v) is 0.579. The lowest BCUT2D eigenvalue weighted by molar-refractivity contribution is -0.133. The van der Waals surface area contributed by atoms with Crippen LogP contribution in [-0.2, 0) is 20.1 Å². The molecule has 0 radical (unpaired) electrons. The minimum absolute atomic E-state index is 0.0833. The van der Waals surface area contributed by atoms with Crippen LogP contribution in [0.15, 0.2) is 0 Å². The smallest absolute Gasteiger partial charge is 0.336 e. The molecule has 1 rings (SSSR count). The van der Waals surface area contributed by atoms with Crippen molar-refractivity contribution >= 4 is 17.0 Å². The number of carbonyl (C=O) groups is 1. The summed E-state index contributed by atoms with van der Waals surface area (Å²) in [7, 11) is 0. The molecule has 6 heavy (non-hydrogen) atoms. The van der Waals surface area contributed by atoms with Gasteiger partial charge >= 0.3 is 5.97 Å². The molecule has 0 aromatic heterocycles. The molecular weight excluding hydrogens is 104 g/mol. The summed E-state index contributed by atoms with van der Waals surface area (Å²) in [4.78, 5) is 9.69. The minimum Gasteiger partial charge on any atom is -0.363 e. The van der Waals surface area contributed by atoms with Gasteiger partial charge in [-0.25, -0.2) is 9.00 Å². The van der Waals surface area contributed by atoms with Crippen molar-refractivity contribution < 1.29 is 13.2 Å². The third kappa shape index (κ3) is 0.428. The Morgan fingerprint density at radius 2 is 2.33 bits per heavy atom. The largest absolute Gasteiger partial charge is 0.363 e. The number of rotatable bonds is 0. The molecule has 3 nitrogen and oxygen atoms in total. The molecule has 0 bridgehead atoms. The van der Waals surface area contributed by atoms with E-state index in [1.54, 1.807) is 0 Å². The molecule has 0 N–H and O–H groups in total. The van der Waals surface area contributed by atoms with Gasteiger partial charge in [-0.3, -0.25) is 0 Å². The molecule has 34 valence electrons. The van der Waals surface area contributed by atoms with Crippen LogP contribution < -0.4 is 0 Å². The van der Waals surface area contributed by atoms with E-state index in [-0.39, 0.29) is 11.7 Å². The quantitative estimate of drug-likeness (QED) is 0.406. The van der Waals surface area contributed by atoms with Crippen LogP contribution in [0.25, 0.3) is 0 Å². The normalized spacial score (nSPS) is 31.3. The van der Waals surface area contributed by atoms with E-state index in [1.165, 1.54) is 0 Å². The number of hydrogen-bond donors (Lipinski definition) is 0. The Kier molecular flexibility index (Phi) is 0.660. The van der Waals surface area contributed by atoms with Crippen LogP contribution in [-0.4, -0.2) is 15.9 Å². The molecule has 1 aliphatic heterocycles. The van der Waals surface area contributed by atoms with Gasteiger partial charge < -0.3 is 4.18 Å². The maximum Gasteiger partial charge on any atom is 0.336 e. The maximum atomic E-state index is 9.78. The molecule has 0 aromatic carbocycles. The molecule has 1 heterocycles. The van der Waals surface area contributed by atoms with Gasteiger partial charge in [-0.05, 0) is 0 Å². The zero-order chi connectivity index (χ0) is 4.57. The molecule has 0 aromatic rings. The topological polar surface area (TPSA) is 43.4 Å². The van der Waals surface area contributed by atoms with Crippen molar-refractivity contribution in [3.63, 3.8) is 0 Å².